The Kier molecular flexibility index (Phi) is 3.06. The lowest BCUT2D eigenvalue weighted by atomic mass is 10.0. The van der Waals surface area contributed by atoms with E-state index in [0.717, 1.165) is 24.4 Å². The zero-order valence-corrected chi connectivity index (χ0v) is 10.2. The van der Waals surface area contributed by atoms with Crippen molar-refractivity contribution in [3.63, 3.8) is 0 Å². The molecule has 0 spiro atoms. The number of hydrogen-bond acceptors (Lipinski definition) is 5. The van der Waals surface area contributed by atoms with Crippen LogP contribution in [0.1, 0.15) is 42.5 Å². The molecule has 18 heavy (non-hydrogen) atoms. The van der Waals surface area contributed by atoms with E-state index in [1.807, 2.05) is 25.3 Å². The molecule has 2 atom stereocenters. The average molecular weight is 245 g/mol. The summed E-state index contributed by atoms with van der Waals surface area (Å²) in [6, 6.07) is 3.92. The van der Waals surface area contributed by atoms with Crippen molar-refractivity contribution in [2.24, 2.45) is 0 Å². The van der Waals surface area contributed by atoms with E-state index in [2.05, 4.69) is 15.1 Å². The summed E-state index contributed by atoms with van der Waals surface area (Å²) in [6.07, 6.45) is 4.55. The predicted octanol–water partition coefficient (Wildman–Crippen LogP) is 2.12. The van der Waals surface area contributed by atoms with Gasteiger partial charge in [0.15, 0.2) is 5.82 Å². The second kappa shape index (κ2) is 4.86. The Morgan fingerprint density at radius 1 is 1.44 bits per heavy atom. The highest BCUT2D eigenvalue weighted by Crippen LogP contribution is 2.26. The first-order valence-electron chi connectivity index (χ1n) is 6.16. The van der Waals surface area contributed by atoms with E-state index in [4.69, 9.17) is 9.26 Å². The largest absolute Gasteiger partial charge is 0.381 e. The summed E-state index contributed by atoms with van der Waals surface area (Å²) in [4.78, 5) is 8.59. The number of ether oxygens (including phenoxy) is 1. The van der Waals surface area contributed by atoms with E-state index in [-0.39, 0.29) is 11.8 Å². The van der Waals surface area contributed by atoms with Gasteiger partial charge in [-0.3, -0.25) is 4.98 Å². The minimum atomic E-state index is 0.0715. The van der Waals surface area contributed by atoms with Gasteiger partial charge in [-0.05, 0) is 25.0 Å². The van der Waals surface area contributed by atoms with E-state index in [9.17, 15) is 0 Å². The molecule has 0 amide bonds. The lowest BCUT2D eigenvalue weighted by molar-refractivity contribution is 0.192. The summed E-state index contributed by atoms with van der Waals surface area (Å²) in [5.74, 6) is 1.76. The van der Waals surface area contributed by atoms with Gasteiger partial charge in [0.05, 0.1) is 12.5 Å². The van der Waals surface area contributed by atoms with Crippen molar-refractivity contribution >= 4 is 0 Å². The summed E-state index contributed by atoms with van der Waals surface area (Å²) in [6.45, 7) is 3.52. The van der Waals surface area contributed by atoms with Gasteiger partial charge >= 0.3 is 0 Å². The van der Waals surface area contributed by atoms with Gasteiger partial charge in [-0.2, -0.15) is 4.98 Å². The molecule has 3 heterocycles. The van der Waals surface area contributed by atoms with Crippen LogP contribution in [-0.4, -0.2) is 28.3 Å². The quantitative estimate of drug-likeness (QED) is 0.828. The number of aromatic nitrogens is 3. The average Bonchev–Trinajstić information content (AvgIpc) is 3.09. The van der Waals surface area contributed by atoms with Crippen LogP contribution in [0.2, 0.25) is 0 Å². The Bertz CT molecular complexity index is 506. The first-order valence-corrected chi connectivity index (χ1v) is 6.16. The molecule has 0 unspecified atom stereocenters. The predicted molar refractivity (Wildman–Crippen MR) is 64.2 cm³/mol. The fourth-order valence-corrected chi connectivity index (χ4v) is 2.10. The minimum Gasteiger partial charge on any atom is -0.381 e. The zero-order chi connectivity index (χ0) is 12.4. The third kappa shape index (κ3) is 2.13. The molecule has 0 saturated carbocycles. The van der Waals surface area contributed by atoms with Crippen LogP contribution >= 0.6 is 0 Å². The van der Waals surface area contributed by atoms with Crippen LogP contribution in [0.25, 0.3) is 0 Å². The van der Waals surface area contributed by atoms with E-state index in [0.29, 0.717) is 12.5 Å². The molecule has 0 aliphatic carbocycles. The van der Waals surface area contributed by atoms with Gasteiger partial charge < -0.3 is 9.26 Å². The van der Waals surface area contributed by atoms with Crippen LogP contribution < -0.4 is 0 Å². The van der Waals surface area contributed by atoms with Gasteiger partial charge in [0.2, 0.25) is 5.89 Å². The van der Waals surface area contributed by atoms with Crippen molar-refractivity contribution in [1.82, 2.24) is 15.1 Å². The smallest absolute Gasteiger partial charge is 0.233 e. The lowest BCUT2D eigenvalue weighted by Gasteiger charge is -2.05. The van der Waals surface area contributed by atoms with E-state index < -0.39 is 0 Å². The fourth-order valence-electron chi connectivity index (χ4n) is 2.10. The summed E-state index contributed by atoms with van der Waals surface area (Å²) >= 11 is 0. The minimum absolute atomic E-state index is 0.0715. The van der Waals surface area contributed by atoms with Gasteiger partial charge in [-0.15, -0.1) is 0 Å². The molecule has 0 aromatic carbocycles. The molecule has 1 saturated heterocycles. The molecular weight excluding hydrogens is 230 g/mol. The Morgan fingerprint density at radius 2 is 2.39 bits per heavy atom. The highest BCUT2D eigenvalue weighted by Gasteiger charge is 2.24. The van der Waals surface area contributed by atoms with Gasteiger partial charge in [-0.25, -0.2) is 0 Å². The maximum Gasteiger partial charge on any atom is 0.233 e. The van der Waals surface area contributed by atoms with Crippen molar-refractivity contribution < 1.29 is 9.26 Å². The molecular formula is C13H15N3O2. The monoisotopic (exact) mass is 245 g/mol. The molecule has 94 valence electrons. The van der Waals surface area contributed by atoms with Gasteiger partial charge in [-0.1, -0.05) is 11.2 Å². The molecule has 0 bridgehead atoms. The van der Waals surface area contributed by atoms with Gasteiger partial charge in [0, 0.05) is 24.9 Å². The molecule has 3 rings (SSSR count). The van der Waals surface area contributed by atoms with Crippen LogP contribution in [-0.2, 0) is 4.74 Å². The molecule has 1 aliphatic heterocycles. The lowest BCUT2D eigenvalue weighted by Crippen LogP contribution is -2.01. The standard InChI is InChI=1S/C13H15N3O2/c1-9(10-3-2-5-14-7-10)13-15-12(16-18-13)11-4-6-17-8-11/h2-3,5,7,9,11H,4,6,8H2,1H3/t9-,11+/m1/s1. The third-order valence-electron chi connectivity index (χ3n) is 3.31. The molecule has 5 heteroatoms. The van der Waals surface area contributed by atoms with Crippen molar-refractivity contribution in [2.75, 3.05) is 13.2 Å². The maximum absolute atomic E-state index is 5.35. The fraction of sp³-hybridized carbons (Fsp3) is 0.462. The Balaban J connectivity index is 1.80. The summed E-state index contributed by atoms with van der Waals surface area (Å²) in [7, 11) is 0. The molecule has 5 nitrogen and oxygen atoms in total. The molecule has 0 radical (unpaired) electrons. The zero-order valence-electron chi connectivity index (χ0n) is 10.2. The number of pyridine rings is 1. The Labute approximate surface area is 105 Å². The number of nitrogens with zero attached hydrogens (tertiary/aromatic N) is 3. The molecule has 2 aromatic rings. The van der Waals surface area contributed by atoms with Crippen LogP contribution in [0.4, 0.5) is 0 Å². The highest BCUT2D eigenvalue weighted by atomic mass is 16.5. The topological polar surface area (TPSA) is 61.0 Å². The molecule has 1 aliphatic rings. The molecule has 0 N–H and O–H groups in total. The van der Waals surface area contributed by atoms with Crippen molar-refractivity contribution in [1.29, 1.82) is 0 Å². The van der Waals surface area contributed by atoms with Crippen molar-refractivity contribution in [3.8, 4) is 0 Å². The van der Waals surface area contributed by atoms with E-state index in [1.165, 1.54) is 0 Å². The van der Waals surface area contributed by atoms with Crippen LogP contribution in [0.3, 0.4) is 0 Å². The van der Waals surface area contributed by atoms with Crippen LogP contribution in [0.5, 0.6) is 0 Å². The van der Waals surface area contributed by atoms with E-state index in [1.54, 1.807) is 6.20 Å². The van der Waals surface area contributed by atoms with Gasteiger partial charge in [0.25, 0.3) is 0 Å². The van der Waals surface area contributed by atoms with Crippen LogP contribution in [0, 0.1) is 0 Å². The molecule has 1 fully saturated rings. The van der Waals surface area contributed by atoms with Crippen molar-refractivity contribution in [2.45, 2.75) is 25.2 Å². The summed E-state index contributed by atoms with van der Waals surface area (Å²) in [5.41, 5.74) is 1.08. The summed E-state index contributed by atoms with van der Waals surface area (Å²) < 4.78 is 10.7. The summed E-state index contributed by atoms with van der Waals surface area (Å²) in [5, 5.41) is 4.06. The number of rotatable bonds is 3. The van der Waals surface area contributed by atoms with Crippen LogP contribution in [0.15, 0.2) is 29.0 Å². The second-order valence-corrected chi connectivity index (χ2v) is 4.56. The normalized spacial score (nSPS) is 21.1. The second-order valence-electron chi connectivity index (χ2n) is 4.56. The van der Waals surface area contributed by atoms with Gasteiger partial charge in [0.1, 0.15) is 0 Å². The maximum atomic E-state index is 5.35. The Hall–Kier alpha value is -1.75. The first-order chi connectivity index (χ1) is 8.84. The van der Waals surface area contributed by atoms with Crippen molar-refractivity contribution in [3.05, 3.63) is 41.8 Å². The highest BCUT2D eigenvalue weighted by molar-refractivity contribution is 5.20. The SMILES string of the molecule is C[C@H](c1cccnc1)c1nc([C@H]2CCOC2)no1. The first kappa shape index (κ1) is 11.3. The number of hydrogen-bond donors (Lipinski definition) is 0. The Morgan fingerprint density at radius 3 is 3.11 bits per heavy atom. The van der Waals surface area contributed by atoms with E-state index >= 15 is 0 Å². The third-order valence-corrected chi connectivity index (χ3v) is 3.31. The molecule has 2 aromatic heterocycles.